The van der Waals surface area contributed by atoms with Crippen LogP contribution in [0.1, 0.15) is 0 Å². The van der Waals surface area contributed by atoms with Gasteiger partial charge in [0.15, 0.2) is 0 Å². The smallest absolute Gasteiger partial charge is 0.243 e. The first-order valence-electron chi connectivity index (χ1n) is 4.59. The van der Waals surface area contributed by atoms with Gasteiger partial charge in [0.25, 0.3) is 0 Å². The fourth-order valence-corrected chi connectivity index (χ4v) is 1.07. The third-order valence-corrected chi connectivity index (χ3v) is 1.83. The second-order valence-electron chi connectivity index (χ2n) is 2.83. The zero-order valence-electron chi connectivity index (χ0n) is 8.84. The van der Waals surface area contributed by atoms with Crippen LogP contribution in [0.5, 0.6) is 0 Å². The molecule has 2 rings (SSSR count). The predicted octanol–water partition coefficient (Wildman–Crippen LogP) is -0.193. The Morgan fingerprint density at radius 2 is 1.25 bits per heavy atom. The van der Waals surface area contributed by atoms with Gasteiger partial charge in [-0.15, -0.1) is 10.2 Å². The van der Waals surface area contributed by atoms with Gasteiger partial charge in [-0.05, 0) is 0 Å². The fraction of sp³-hybridized carbons (Fsp3) is 0.250. The highest BCUT2D eigenvalue weighted by molar-refractivity contribution is 5.53. The molecule has 0 saturated carbocycles. The van der Waals surface area contributed by atoms with Crippen molar-refractivity contribution < 1.29 is 0 Å². The molecule has 0 bridgehead atoms. The molecule has 8 nitrogen and oxygen atoms in total. The summed E-state index contributed by atoms with van der Waals surface area (Å²) in [6.07, 6.45) is 3.04. The van der Waals surface area contributed by atoms with Gasteiger partial charge in [0, 0.05) is 14.1 Å². The molecule has 0 radical (unpaired) electrons. The summed E-state index contributed by atoms with van der Waals surface area (Å²) in [4.78, 5) is 8.39. The van der Waals surface area contributed by atoms with Crippen LogP contribution in [0.2, 0.25) is 0 Å². The van der Waals surface area contributed by atoms with E-state index in [-0.39, 0.29) is 0 Å². The molecule has 0 saturated heterocycles. The maximum Gasteiger partial charge on any atom is 0.243 e. The van der Waals surface area contributed by atoms with E-state index in [1.54, 1.807) is 14.1 Å². The molecule has 0 atom stereocenters. The summed E-state index contributed by atoms with van der Waals surface area (Å²) in [5, 5.41) is 20.8. The first-order valence-corrected chi connectivity index (χ1v) is 4.59. The Morgan fingerprint density at radius 1 is 0.812 bits per heavy atom. The largest absolute Gasteiger partial charge is 0.356 e. The maximum absolute atomic E-state index is 4.19. The van der Waals surface area contributed by atoms with Crippen molar-refractivity contribution in [3.8, 4) is 11.4 Å². The maximum atomic E-state index is 4.19. The molecule has 82 valence electrons. The van der Waals surface area contributed by atoms with Gasteiger partial charge in [0.2, 0.25) is 11.9 Å². The summed E-state index contributed by atoms with van der Waals surface area (Å²) < 4.78 is 0. The molecule has 0 fully saturated rings. The third kappa shape index (κ3) is 2.00. The normalized spacial score (nSPS) is 9.88. The van der Waals surface area contributed by atoms with Crippen molar-refractivity contribution in [3.05, 3.63) is 12.4 Å². The van der Waals surface area contributed by atoms with E-state index in [0.717, 1.165) is 0 Å². The van der Waals surface area contributed by atoms with Gasteiger partial charge in [0.05, 0.1) is 12.4 Å². The molecule has 0 aliphatic carbocycles. The number of hydrogen-bond acceptors (Lipinski definition) is 8. The van der Waals surface area contributed by atoms with E-state index >= 15 is 0 Å². The van der Waals surface area contributed by atoms with Crippen LogP contribution in [0.25, 0.3) is 11.4 Å². The van der Waals surface area contributed by atoms with Crippen molar-refractivity contribution >= 4 is 11.9 Å². The van der Waals surface area contributed by atoms with E-state index in [1.807, 2.05) is 0 Å². The van der Waals surface area contributed by atoms with Crippen LogP contribution in [0.3, 0.4) is 0 Å². The molecule has 16 heavy (non-hydrogen) atoms. The van der Waals surface area contributed by atoms with Crippen molar-refractivity contribution in [3.63, 3.8) is 0 Å². The number of anilines is 2. The zero-order chi connectivity index (χ0) is 11.4. The predicted molar refractivity (Wildman–Crippen MR) is 57.7 cm³/mol. The minimum atomic E-state index is 0.433. The molecular formula is C8H10N8. The summed E-state index contributed by atoms with van der Waals surface area (Å²) in [5.41, 5.74) is 1.18. The molecule has 0 aliphatic heterocycles. The van der Waals surface area contributed by atoms with E-state index in [0.29, 0.717) is 23.3 Å². The number of hydrogen-bond donors (Lipinski definition) is 2. The zero-order valence-corrected chi connectivity index (χ0v) is 8.84. The minimum Gasteiger partial charge on any atom is -0.356 e. The minimum absolute atomic E-state index is 0.433. The molecule has 2 aromatic rings. The van der Waals surface area contributed by atoms with Gasteiger partial charge in [-0.25, -0.2) is 9.97 Å². The van der Waals surface area contributed by atoms with E-state index < -0.39 is 0 Å². The van der Waals surface area contributed by atoms with Gasteiger partial charge < -0.3 is 10.6 Å². The van der Waals surface area contributed by atoms with Crippen LogP contribution in [-0.4, -0.2) is 44.5 Å². The van der Waals surface area contributed by atoms with Crippen molar-refractivity contribution in [2.24, 2.45) is 0 Å². The highest BCUT2D eigenvalue weighted by atomic mass is 15.2. The van der Waals surface area contributed by atoms with Crippen molar-refractivity contribution in [2.45, 2.75) is 0 Å². The summed E-state index contributed by atoms with van der Waals surface area (Å²) in [6.45, 7) is 0. The number of nitrogens with one attached hydrogen (secondary N) is 2. The van der Waals surface area contributed by atoms with Crippen molar-refractivity contribution in [1.82, 2.24) is 30.4 Å². The molecule has 0 aliphatic rings. The van der Waals surface area contributed by atoms with Crippen LogP contribution < -0.4 is 10.6 Å². The molecule has 0 aromatic carbocycles. The first kappa shape index (κ1) is 10.1. The molecular weight excluding hydrogens is 208 g/mol. The fourth-order valence-electron chi connectivity index (χ4n) is 1.07. The van der Waals surface area contributed by atoms with Crippen LogP contribution in [0, 0.1) is 0 Å². The van der Waals surface area contributed by atoms with Crippen LogP contribution in [0.15, 0.2) is 12.4 Å². The summed E-state index contributed by atoms with van der Waals surface area (Å²) in [5.74, 6) is 0.865. The lowest BCUT2D eigenvalue weighted by Crippen LogP contribution is -2.03. The Labute approximate surface area is 91.6 Å². The lowest BCUT2D eigenvalue weighted by molar-refractivity contribution is 0.948. The van der Waals surface area contributed by atoms with Gasteiger partial charge in [-0.1, -0.05) is 0 Å². The number of nitrogens with zero attached hydrogens (tertiary/aromatic N) is 6. The quantitative estimate of drug-likeness (QED) is 0.730. The number of aromatic nitrogens is 6. The molecule has 0 amide bonds. The van der Waals surface area contributed by atoms with Gasteiger partial charge >= 0.3 is 0 Å². The second-order valence-corrected chi connectivity index (χ2v) is 2.83. The Kier molecular flexibility index (Phi) is 2.81. The van der Waals surface area contributed by atoms with Gasteiger partial charge in [-0.2, -0.15) is 10.2 Å². The molecule has 0 spiro atoms. The summed E-state index contributed by atoms with van der Waals surface area (Å²) in [7, 11) is 3.44. The molecule has 2 N–H and O–H groups in total. The summed E-state index contributed by atoms with van der Waals surface area (Å²) in [6, 6.07) is 0. The number of rotatable bonds is 3. The van der Waals surface area contributed by atoms with Gasteiger partial charge in [-0.3, -0.25) is 0 Å². The Bertz CT molecular complexity index is 439. The van der Waals surface area contributed by atoms with Crippen LogP contribution in [-0.2, 0) is 0 Å². The first-order chi connectivity index (χ1) is 7.83. The lowest BCUT2D eigenvalue weighted by atomic mass is 10.3. The average molecular weight is 218 g/mol. The standard InChI is InChI=1S/C8H10N8/c1-9-7-13-5(3-11-15-7)6-4-12-16-8(10-2)14-6/h3-4H,1-2H3,(H,9,13,15)(H,10,14,16). The summed E-state index contributed by atoms with van der Waals surface area (Å²) >= 11 is 0. The topological polar surface area (TPSA) is 101 Å². The van der Waals surface area contributed by atoms with Crippen molar-refractivity contribution in [2.75, 3.05) is 24.7 Å². The molecule has 2 aromatic heterocycles. The lowest BCUT2D eigenvalue weighted by Gasteiger charge is -2.02. The second kappa shape index (κ2) is 4.43. The third-order valence-electron chi connectivity index (χ3n) is 1.83. The SMILES string of the molecule is CNc1nncc(-c2cnnc(NC)n2)n1. The van der Waals surface area contributed by atoms with Crippen LogP contribution >= 0.6 is 0 Å². The Balaban J connectivity index is 2.41. The molecule has 0 unspecified atom stereocenters. The Hall–Kier alpha value is -2.38. The Morgan fingerprint density at radius 3 is 1.62 bits per heavy atom. The van der Waals surface area contributed by atoms with E-state index in [1.165, 1.54) is 12.4 Å². The van der Waals surface area contributed by atoms with E-state index in [2.05, 4.69) is 41.0 Å². The molecule has 8 heteroatoms. The average Bonchev–Trinajstić information content (AvgIpc) is 2.39. The highest BCUT2D eigenvalue weighted by Gasteiger charge is 2.05. The van der Waals surface area contributed by atoms with Crippen LogP contribution in [0.4, 0.5) is 11.9 Å². The molecule has 2 heterocycles. The highest BCUT2D eigenvalue weighted by Crippen LogP contribution is 2.13. The monoisotopic (exact) mass is 218 g/mol. The van der Waals surface area contributed by atoms with E-state index in [9.17, 15) is 0 Å². The van der Waals surface area contributed by atoms with E-state index in [4.69, 9.17) is 0 Å². The van der Waals surface area contributed by atoms with Gasteiger partial charge in [0.1, 0.15) is 11.4 Å². The van der Waals surface area contributed by atoms with Crippen molar-refractivity contribution in [1.29, 1.82) is 0 Å².